The van der Waals surface area contributed by atoms with Crippen molar-refractivity contribution in [2.45, 2.75) is 0 Å². The van der Waals surface area contributed by atoms with Crippen molar-refractivity contribution in [3.63, 3.8) is 0 Å². The summed E-state index contributed by atoms with van der Waals surface area (Å²) >= 11 is 0. The molecule has 0 radical (unpaired) electrons. The highest BCUT2D eigenvalue weighted by Crippen LogP contribution is 2.25. The average Bonchev–Trinajstić information content (AvgIpc) is 2.82. The topological polar surface area (TPSA) is 43.2 Å². The van der Waals surface area contributed by atoms with Crippen molar-refractivity contribution < 1.29 is 9.47 Å². The first-order valence-electron chi connectivity index (χ1n) is 9.63. The Morgan fingerprint density at radius 1 is 0.533 bits per heavy atom. The summed E-state index contributed by atoms with van der Waals surface area (Å²) in [5, 5.41) is 2.26. The van der Waals surface area contributed by atoms with E-state index in [1.165, 1.54) is 0 Å². The van der Waals surface area contributed by atoms with Crippen molar-refractivity contribution in [2.75, 3.05) is 14.2 Å². The monoisotopic (exact) mass is 394 g/mol. The molecule has 30 heavy (non-hydrogen) atoms. The number of hydrogen-bond acceptors (Lipinski definition) is 4. The van der Waals surface area contributed by atoms with Gasteiger partial charge >= 0.3 is 0 Å². The van der Waals surface area contributed by atoms with Gasteiger partial charge in [0.15, 0.2) is 0 Å². The number of ether oxygens (including phenoxy) is 2. The molecule has 0 N–H and O–H groups in total. The summed E-state index contributed by atoms with van der Waals surface area (Å²) in [6.45, 7) is 0. The van der Waals surface area contributed by atoms with Gasteiger partial charge in [-0.25, -0.2) is 0 Å². The van der Waals surface area contributed by atoms with E-state index in [0.717, 1.165) is 44.8 Å². The van der Waals surface area contributed by atoms with Crippen molar-refractivity contribution in [2.24, 2.45) is 9.98 Å². The number of hydrogen-bond donors (Lipinski definition) is 0. The molecule has 0 aromatic heterocycles. The molecule has 0 aliphatic carbocycles. The molecule has 148 valence electrons. The van der Waals surface area contributed by atoms with Crippen LogP contribution in [0.4, 0.5) is 11.4 Å². The zero-order chi connectivity index (χ0) is 20.8. The maximum Gasteiger partial charge on any atom is 0.118 e. The third-order valence-electron chi connectivity index (χ3n) is 4.76. The molecule has 4 heteroatoms. The lowest BCUT2D eigenvalue weighted by Crippen LogP contribution is -1.84. The van der Waals surface area contributed by atoms with Gasteiger partial charge in [0, 0.05) is 12.4 Å². The van der Waals surface area contributed by atoms with E-state index in [9.17, 15) is 0 Å². The molecule has 4 nitrogen and oxygen atoms in total. The lowest BCUT2D eigenvalue weighted by Gasteiger charge is -2.02. The van der Waals surface area contributed by atoms with Crippen LogP contribution in [0.1, 0.15) is 11.1 Å². The summed E-state index contributed by atoms with van der Waals surface area (Å²) in [6.07, 6.45) is 3.71. The Bertz CT molecular complexity index is 1100. The van der Waals surface area contributed by atoms with Gasteiger partial charge in [-0.05, 0) is 94.7 Å². The van der Waals surface area contributed by atoms with Crippen LogP contribution in [0.3, 0.4) is 0 Å². The summed E-state index contributed by atoms with van der Waals surface area (Å²) in [5.41, 5.74) is 3.87. The van der Waals surface area contributed by atoms with Gasteiger partial charge < -0.3 is 9.47 Å². The third-order valence-corrected chi connectivity index (χ3v) is 4.76. The summed E-state index contributed by atoms with van der Waals surface area (Å²) in [6, 6.07) is 28.0. The van der Waals surface area contributed by atoms with Gasteiger partial charge in [0.2, 0.25) is 0 Å². The van der Waals surface area contributed by atoms with Gasteiger partial charge in [0.1, 0.15) is 11.5 Å². The summed E-state index contributed by atoms with van der Waals surface area (Å²) in [7, 11) is 3.32. The molecule has 4 rings (SSSR count). The number of rotatable bonds is 6. The fourth-order valence-corrected chi connectivity index (χ4v) is 3.06. The maximum absolute atomic E-state index is 5.18. The predicted octanol–water partition coefficient (Wildman–Crippen LogP) is 6.36. The SMILES string of the molecule is COc1ccc(C=Nc2ccc3cc(N=Cc4ccc(OC)cc4)ccc3c2)cc1. The average molecular weight is 394 g/mol. The standard InChI is InChI=1S/C26H22N2O2/c1-29-25-11-3-19(4-12-25)17-27-23-9-7-22-16-24(10-8-21(22)15-23)28-18-20-5-13-26(30-2)14-6-20/h3-18H,1-2H3. The van der Waals surface area contributed by atoms with Crippen molar-refractivity contribution in [1.29, 1.82) is 0 Å². The van der Waals surface area contributed by atoms with E-state index in [2.05, 4.69) is 34.3 Å². The number of methoxy groups -OCH3 is 2. The highest BCUT2D eigenvalue weighted by molar-refractivity contribution is 5.90. The number of aliphatic imine (C=N–C) groups is 2. The highest BCUT2D eigenvalue weighted by atomic mass is 16.5. The molecule has 0 saturated carbocycles. The predicted molar refractivity (Wildman–Crippen MR) is 124 cm³/mol. The first kappa shape index (κ1) is 19.4. The second kappa shape index (κ2) is 9.05. The Morgan fingerprint density at radius 2 is 0.933 bits per heavy atom. The van der Waals surface area contributed by atoms with Crippen LogP contribution in [-0.2, 0) is 0 Å². The molecule has 0 spiro atoms. The smallest absolute Gasteiger partial charge is 0.118 e. The Hall–Kier alpha value is -3.92. The van der Waals surface area contributed by atoms with Crippen molar-refractivity contribution in [1.82, 2.24) is 0 Å². The molecule has 0 atom stereocenters. The van der Waals surface area contributed by atoms with Gasteiger partial charge in [-0.15, -0.1) is 0 Å². The second-order valence-corrected chi connectivity index (χ2v) is 6.78. The van der Waals surface area contributed by atoms with E-state index in [0.29, 0.717) is 0 Å². The van der Waals surface area contributed by atoms with Gasteiger partial charge in [-0.1, -0.05) is 12.1 Å². The Kier molecular flexibility index (Phi) is 5.85. The van der Waals surface area contributed by atoms with Crippen LogP contribution in [0.2, 0.25) is 0 Å². The number of nitrogens with zero attached hydrogens (tertiary/aromatic N) is 2. The van der Waals surface area contributed by atoms with Crippen molar-refractivity contribution in [3.8, 4) is 11.5 Å². The van der Waals surface area contributed by atoms with Gasteiger partial charge in [-0.2, -0.15) is 0 Å². The van der Waals surface area contributed by atoms with Crippen LogP contribution >= 0.6 is 0 Å². The molecule has 0 saturated heterocycles. The first-order chi connectivity index (χ1) is 14.7. The minimum Gasteiger partial charge on any atom is -0.497 e. The summed E-state index contributed by atoms with van der Waals surface area (Å²) in [4.78, 5) is 9.18. The molecule has 0 amide bonds. The zero-order valence-electron chi connectivity index (χ0n) is 16.9. The van der Waals surface area contributed by atoms with Crippen LogP contribution in [0.25, 0.3) is 10.8 Å². The fourth-order valence-electron chi connectivity index (χ4n) is 3.06. The minimum atomic E-state index is 0.836. The molecule has 4 aromatic carbocycles. The molecule has 4 aromatic rings. The van der Waals surface area contributed by atoms with Crippen molar-refractivity contribution in [3.05, 3.63) is 96.1 Å². The minimum absolute atomic E-state index is 0.836. The van der Waals surface area contributed by atoms with E-state index >= 15 is 0 Å². The first-order valence-corrected chi connectivity index (χ1v) is 9.63. The molecule has 0 fully saturated rings. The largest absolute Gasteiger partial charge is 0.497 e. The van der Waals surface area contributed by atoms with Gasteiger partial charge in [0.05, 0.1) is 25.6 Å². The molecule has 0 aliphatic heterocycles. The van der Waals surface area contributed by atoms with Gasteiger partial charge in [0.25, 0.3) is 0 Å². The molecule has 0 unspecified atom stereocenters. The lowest BCUT2D eigenvalue weighted by atomic mass is 10.1. The normalized spacial score (nSPS) is 11.4. The Balaban J connectivity index is 1.50. The molecular weight excluding hydrogens is 372 g/mol. The van der Waals surface area contributed by atoms with Crippen LogP contribution in [0, 0.1) is 0 Å². The summed E-state index contributed by atoms with van der Waals surface area (Å²) < 4.78 is 10.4. The van der Waals surface area contributed by atoms with Crippen LogP contribution in [0.15, 0.2) is 94.9 Å². The van der Waals surface area contributed by atoms with E-state index in [1.54, 1.807) is 14.2 Å². The number of benzene rings is 4. The molecule has 0 bridgehead atoms. The van der Waals surface area contributed by atoms with Crippen LogP contribution < -0.4 is 9.47 Å². The van der Waals surface area contributed by atoms with Gasteiger partial charge in [-0.3, -0.25) is 9.98 Å². The molecule has 0 aliphatic rings. The van der Waals surface area contributed by atoms with E-state index in [4.69, 9.17) is 9.47 Å². The fraction of sp³-hybridized carbons (Fsp3) is 0.0769. The third kappa shape index (κ3) is 4.73. The summed E-state index contributed by atoms with van der Waals surface area (Å²) in [5.74, 6) is 1.67. The molecule has 0 heterocycles. The number of fused-ring (bicyclic) bond motifs is 1. The molecular formula is C26H22N2O2. The Morgan fingerprint density at radius 3 is 1.30 bits per heavy atom. The zero-order valence-corrected chi connectivity index (χ0v) is 16.9. The van der Waals surface area contributed by atoms with E-state index in [-0.39, 0.29) is 0 Å². The van der Waals surface area contributed by atoms with E-state index in [1.807, 2.05) is 73.1 Å². The van der Waals surface area contributed by atoms with E-state index < -0.39 is 0 Å². The van der Waals surface area contributed by atoms with Crippen molar-refractivity contribution >= 4 is 34.6 Å². The van der Waals surface area contributed by atoms with Crippen LogP contribution in [0.5, 0.6) is 11.5 Å². The second-order valence-electron chi connectivity index (χ2n) is 6.78. The lowest BCUT2D eigenvalue weighted by molar-refractivity contribution is 0.414. The maximum atomic E-state index is 5.18. The van der Waals surface area contributed by atoms with Crippen LogP contribution in [-0.4, -0.2) is 26.6 Å². The quantitative estimate of drug-likeness (QED) is 0.357. The highest BCUT2D eigenvalue weighted by Gasteiger charge is 1.98. The Labute approximate surface area is 176 Å².